The molecule has 3 aromatic rings. The van der Waals surface area contributed by atoms with E-state index < -0.39 is 11.7 Å². The van der Waals surface area contributed by atoms with Crippen LogP contribution in [0.2, 0.25) is 0 Å². The molecule has 146 valence electrons. The first-order chi connectivity index (χ1) is 13.5. The monoisotopic (exact) mass is 406 g/mol. The molecule has 1 aliphatic rings. The smallest absolute Gasteiger partial charge is 0.416 e. The zero-order valence-electron chi connectivity index (χ0n) is 15.0. The molecule has 1 aliphatic heterocycles. The second kappa shape index (κ2) is 7.38. The summed E-state index contributed by atoms with van der Waals surface area (Å²) >= 11 is 1.46. The second-order valence-corrected chi connectivity index (χ2v) is 7.21. The van der Waals surface area contributed by atoms with Gasteiger partial charge in [-0.3, -0.25) is 4.57 Å². The van der Waals surface area contributed by atoms with E-state index in [0.717, 1.165) is 53.3 Å². The quantitative estimate of drug-likeness (QED) is 0.572. The fourth-order valence-electron chi connectivity index (χ4n) is 3.03. The van der Waals surface area contributed by atoms with Crippen LogP contribution < -0.4 is 9.64 Å². The molecule has 0 aliphatic carbocycles. The second-order valence-electron chi connectivity index (χ2n) is 6.27. The van der Waals surface area contributed by atoms with Crippen LogP contribution in [0.15, 0.2) is 53.7 Å². The van der Waals surface area contributed by atoms with Gasteiger partial charge in [0.1, 0.15) is 5.75 Å². The third-order valence-corrected chi connectivity index (χ3v) is 5.56. The topological polar surface area (TPSA) is 43.2 Å². The Hall–Kier alpha value is -2.68. The van der Waals surface area contributed by atoms with E-state index in [0.29, 0.717) is 5.75 Å². The molecule has 0 radical (unpaired) electrons. The fourth-order valence-corrected chi connectivity index (χ4v) is 3.94. The molecule has 2 heterocycles. The van der Waals surface area contributed by atoms with E-state index in [1.54, 1.807) is 7.11 Å². The molecule has 28 heavy (non-hydrogen) atoms. The first-order valence-corrected chi connectivity index (χ1v) is 9.58. The molecule has 0 amide bonds. The summed E-state index contributed by atoms with van der Waals surface area (Å²) in [6.45, 7) is 1.54. The highest BCUT2D eigenvalue weighted by Crippen LogP contribution is 2.34. The summed E-state index contributed by atoms with van der Waals surface area (Å²) in [5, 5.41) is 9.30. The van der Waals surface area contributed by atoms with Gasteiger partial charge in [-0.1, -0.05) is 23.9 Å². The van der Waals surface area contributed by atoms with Crippen LogP contribution in [0.1, 0.15) is 11.1 Å². The molecule has 0 N–H and O–H groups in total. The average molecular weight is 406 g/mol. The van der Waals surface area contributed by atoms with Crippen LogP contribution in [-0.4, -0.2) is 28.4 Å². The summed E-state index contributed by atoms with van der Waals surface area (Å²) in [5.74, 6) is 2.08. The van der Waals surface area contributed by atoms with Crippen molar-refractivity contribution in [1.82, 2.24) is 14.8 Å². The van der Waals surface area contributed by atoms with Gasteiger partial charge in [0.25, 0.3) is 0 Å². The Morgan fingerprint density at radius 1 is 1.00 bits per heavy atom. The van der Waals surface area contributed by atoms with Crippen LogP contribution in [0, 0.1) is 0 Å². The summed E-state index contributed by atoms with van der Waals surface area (Å²) < 4.78 is 45.2. The summed E-state index contributed by atoms with van der Waals surface area (Å²) in [4.78, 5) is 2.08. The lowest BCUT2D eigenvalue weighted by Crippen LogP contribution is -2.14. The Morgan fingerprint density at radius 2 is 1.71 bits per heavy atom. The maximum atomic E-state index is 12.7. The predicted molar refractivity (Wildman–Crippen MR) is 101 cm³/mol. The lowest BCUT2D eigenvalue weighted by molar-refractivity contribution is -0.137. The molecule has 5 nitrogen and oxygen atoms in total. The number of aromatic nitrogens is 3. The van der Waals surface area contributed by atoms with Crippen LogP contribution in [0.4, 0.5) is 24.8 Å². The number of thioether (sulfide) groups is 1. The Labute approximate surface area is 164 Å². The van der Waals surface area contributed by atoms with Gasteiger partial charge in [0.05, 0.1) is 12.7 Å². The van der Waals surface area contributed by atoms with Gasteiger partial charge < -0.3 is 9.64 Å². The molecule has 2 aromatic carbocycles. The lowest BCUT2D eigenvalue weighted by atomic mass is 10.1. The third kappa shape index (κ3) is 3.66. The summed E-state index contributed by atoms with van der Waals surface area (Å²) in [6.07, 6.45) is -4.32. The van der Waals surface area contributed by atoms with Gasteiger partial charge in [-0.15, -0.1) is 10.2 Å². The maximum absolute atomic E-state index is 12.7. The SMILES string of the molecule is COc1ccc(N2CCn3c(SCc4ccc(C(F)(F)F)cc4)nnc32)cc1. The predicted octanol–water partition coefficient (Wildman–Crippen LogP) is 4.75. The molecule has 0 atom stereocenters. The maximum Gasteiger partial charge on any atom is 0.416 e. The third-order valence-electron chi connectivity index (χ3n) is 4.52. The summed E-state index contributed by atoms with van der Waals surface area (Å²) in [7, 11) is 1.63. The molecular formula is C19H17F3N4OS. The minimum atomic E-state index is -4.32. The number of alkyl halides is 3. The number of halogens is 3. The highest BCUT2D eigenvalue weighted by atomic mass is 32.2. The first kappa shape index (κ1) is 18.7. The molecule has 9 heteroatoms. The Bertz CT molecular complexity index is 955. The standard InChI is InChI=1S/C19H17F3N4OS/c1-27-16-8-6-15(7-9-16)25-10-11-26-17(25)23-24-18(26)28-12-13-2-4-14(5-3-13)19(20,21)22/h2-9H,10-12H2,1H3. The normalized spacial score (nSPS) is 13.6. The van der Waals surface area contributed by atoms with Crippen molar-refractivity contribution < 1.29 is 17.9 Å². The zero-order valence-corrected chi connectivity index (χ0v) is 15.8. The van der Waals surface area contributed by atoms with Crippen LogP contribution in [0.3, 0.4) is 0 Å². The number of ether oxygens (including phenoxy) is 1. The summed E-state index contributed by atoms with van der Waals surface area (Å²) in [5.41, 5.74) is 1.17. The molecule has 4 rings (SSSR count). The Kier molecular flexibility index (Phi) is 4.92. The van der Waals surface area contributed by atoms with Crippen molar-refractivity contribution in [3.8, 4) is 5.75 Å². The fraction of sp³-hybridized carbons (Fsp3) is 0.263. The average Bonchev–Trinajstić information content (AvgIpc) is 3.28. The van der Waals surface area contributed by atoms with Crippen molar-refractivity contribution >= 4 is 23.4 Å². The largest absolute Gasteiger partial charge is 0.497 e. The molecule has 0 bridgehead atoms. The van der Waals surface area contributed by atoms with E-state index in [1.165, 1.54) is 23.9 Å². The van der Waals surface area contributed by atoms with E-state index in [-0.39, 0.29) is 0 Å². The number of benzene rings is 2. The van der Waals surface area contributed by atoms with E-state index >= 15 is 0 Å². The van der Waals surface area contributed by atoms with E-state index in [1.807, 2.05) is 28.8 Å². The van der Waals surface area contributed by atoms with Crippen molar-refractivity contribution in [2.45, 2.75) is 23.6 Å². The summed E-state index contributed by atoms with van der Waals surface area (Å²) in [6, 6.07) is 13.0. The number of nitrogens with zero attached hydrogens (tertiary/aromatic N) is 4. The van der Waals surface area contributed by atoms with Gasteiger partial charge in [0.2, 0.25) is 5.95 Å². The highest BCUT2D eigenvalue weighted by molar-refractivity contribution is 7.98. The van der Waals surface area contributed by atoms with Crippen molar-refractivity contribution in [2.75, 3.05) is 18.6 Å². The number of methoxy groups -OCH3 is 1. The molecular weight excluding hydrogens is 389 g/mol. The van der Waals surface area contributed by atoms with Crippen molar-refractivity contribution in [1.29, 1.82) is 0 Å². The van der Waals surface area contributed by atoms with E-state index in [9.17, 15) is 13.2 Å². The molecule has 0 unspecified atom stereocenters. The Balaban J connectivity index is 1.45. The van der Waals surface area contributed by atoms with Crippen LogP contribution >= 0.6 is 11.8 Å². The molecule has 1 aromatic heterocycles. The number of hydrogen-bond donors (Lipinski definition) is 0. The van der Waals surface area contributed by atoms with Crippen LogP contribution in [0.25, 0.3) is 0 Å². The van der Waals surface area contributed by atoms with Gasteiger partial charge in [-0.2, -0.15) is 13.2 Å². The van der Waals surface area contributed by atoms with Gasteiger partial charge in [-0.25, -0.2) is 0 Å². The molecule has 0 saturated heterocycles. The van der Waals surface area contributed by atoms with Crippen molar-refractivity contribution in [2.24, 2.45) is 0 Å². The zero-order chi connectivity index (χ0) is 19.7. The number of fused-ring (bicyclic) bond motifs is 1. The minimum absolute atomic E-state index is 0.527. The molecule has 0 spiro atoms. The Morgan fingerprint density at radius 3 is 2.36 bits per heavy atom. The van der Waals surface area contributed by atoms with Crippen LogP contribution in [0.5, 0.6) is 5.75 Å². The molecule has 0 fully saturated rings. The number of hydrogen-bond acceptors (Lipinski definition) is 5. The lowest BCUT2D eigenvalue weighted by Gasteiger charge is -2.15. The highest BCUT2D eigenvalue weighted by Gasteiger charge is 2.30. The first-order valence-electron chi connectivity index (χ1n) is 8.59. The van der Waals surface area contributed by atoms with Crippen LogP contribution in [-0.2, 0) is 18.5 Å². The van der Waals surface area contributed by atoms with Crippen molar-refractivity contribution in [3.63, 3.8) is 0 Å². The van der Waals surface area contributed by atoms with Gasteiger partial charge >= 0.3 is 6.18 Å². The minimum Gasteiger partial charge on any atom is -0.497 e. The van der Waals surface area contributed by atoms with Crippen molar-refractivity contribution in [3.05, 3.63) is 59.7 Å². The van der Waals surface area contributed by atoms with E-state index in [4.69, 9.17) is 4.74 Å². The van der Waals surface area contributed by atoms with Gasteiger partial charge in [-0.05, 0) is 42.0 Å². The molecule has 0 saturated carbocycles. The van der Waals surface area contributed by atoms with Gasteiger partial charge in [0.15, 0.2) is 5.16 Å². The van der Waals surface area contributed by atoms with Gasteiger partial charge in [0, 0.05) is 24.5 Å². The number of rotatable bonds is 5. The number of anilines is 2. The van der Waals surface area contributed by atoms with E-state index in [2.05, 4.69) is 15.1 Å².